The predicted molar refractivity (Wildman–Crippen MR) is 91.5 cm³/mol. The van der Waals surface area contributed by atoms with E-state index in [1.54, 1.807) is 7.11 Å². The number of anilines is 1. The molecular formula is C17H17BrClNO. The summed E-state index contributed by atoms with van der Waals surface area (Å²) in [5, 5.41) is 4.31. The third-order valence-corrected chi connectivity index (χ3v) is 4.91. The SMILES string of the molecule is COc1ccc(C2CC(Nc3ccc(Cl)cc3Br)C2)cc1. The van der Waals surface area contributed by atoms with Crippen molar-refractivity contribution >= 4 is 33.2 Å². The van der Waals surface area contributed by atoms with Crippen molar-refractivity contribution in [1.29, 1.82) is 0 Å². The molecule has 3 rings (SSSR count). The molecule has 1 fully saturated rings. The number of halogens is 2. The molecule has 2 aromatic rings. The maximum absolute atomic E-state index is 5.96. The zero-order valence-electron chi connectivity index (χ0n) is 11.8. The highest BCUT2D eigenvalue weighted by Crippen LogP contribution is 2.40. The van der Waals surface area contributed by atoms with Gasteiger partial charge in [-0.3, -0.25) is 0 Å². The van der Waals surface area contributed by atoms with Crippen LogP contribution in [0.5, 0.6) is 5.75 Å². The summed E-state index contributed by atoms with van der Waals surface area (Å²) in [7, 11) is 1.70. The predicted octanol–water partition coefficient (Wildman–Crippen LogP) is 5.47. The third kappa shape index (κ3) is 3.35. The molecule has 2 aromatic carbocycles. The number of benzene rings is 2. The summed E-state index contributed by atoms with van der Waals surface area (Å²) in [6.07, 6.45) is 2.31. The lowest BCUT2D eigenvalue weighted by atomic mass is 9.76. The molecule has 1 saturated carbocycles. The normalized spacial score (nSPS) is 20.7. The number of hydrogen-bond donors (Lipinski definition) is 1. The molecule has 1 aliphatic rings. The van der Waals surface area contributed by atoms with Crippen LogP contribution in [0.4, 0.5) is 5.69 Å². The molecule has 0 unspecified atom stereocenters. The first kappa shape index (κ1) is 14.7. The molecule has 21 heavy (non-hydrogen) atoms. The minimum absolute atomic E-state index is 0.523. The van der Waals surface area contributed by atoms with Gasteiger partial charge in [-0.25, -0.2) is 0 Å². The monoisotopic (exact) mass is 365 g/mol. The topological polar surface area (TPSA) is 21.3 Å². The quantitative estimate of drug-likeness (QED) is 0.774. The number of nitrogens with one attached hydrogen (secondary N) is 1. The second kappa shape index (κ2) is 6.29. The van der Waals surface area contributed by atoms with Crippen molar-refractivity contribution in [1.82, 2.24) is 0 Å². The van der Waals surface area contributed by atoms with Crippen LogP contribution >= 0.6 is 27.5 Å². The Bertz CT molecular complexity index is 623. The highest BCUT2D eigenvalue weighted by Gasteiger charge is 2.30. The van der Waals surface area contributed by atoms with Gasteiger partial charge in [0, 0.05) is 21.2 Å². The first-order valence-corrected chi connectivity index (χ1v) is 8.18. The van der Waals surface area contributed by atoms with Crippen molar-refractivity contribution < 1.29 is 4.74 Å². The fraction of sp³-hybridized carbons (Fsp3) is 0.294. The van der Waals surface area contributed by atoms with Gasteiger partial charge in [-0.05, 0) is 70.6 Å². The van der Waals surface area contributed by atoms with Gasteiger partial charge >= 0.3 is 0 Å². The van der Waals surface area contributed by atoms with E-state index in [0.29, 0.717) is 12.0 Å². The van der Waals surface area contributed by atoms with Crippen LogP contribution in [-0.2, 0) is 0 Å². The van der Waals surface area contributed by atoms with E-state index in [-0.39, 0.29) is 0 Å². The molecule has 0 spiro atoms. The Labute approximate surface area is 138 Å². The van der Waals surface area contributed by atoms with Gasteiger partial charge in [0.2, 0.25) is 0 Å². The van der Waals surface area contributed by atoms with E-state index >= 15 is 0 Å². The van der Waals surface area contributed by atoms with Gasteiger partial charge in [0.15, 0.2) is 0 Å². The lowest BCUT2D eigenvalue weighted by molar-refractivity contribution is 0.373. The smallest absolute Gasteiger partial charge is 0.118 e. The zero-order valence-corrected chi connectivity index (χ0v) is 14.1. The highest BCUT2D eigenvalue weighted by molar-refractivity contribution is 9.10. The fourth-order valence-corrected chi connectivity index (χ4v) is 3.51. The number of ether oxygens (including phenoxy) is 1. The summed E-state index contributed by atoms with van der Waals surface area (Å²) >= 11 is 9.51. The Balaban J connectivity index is 1.57. The van der Waals surface area contributed by atoms with Crippen molar-refractivity contribution in [2.24, 2.45) is 0 Å². The van der Waals surface area contributed by atoms with Gasteiger partial charge in [-0.2, -0.15) is 0 Å². The summed E-state index contributed by atoms with van der Waals surface area (Å²) in [6.45, 7) is 0. The van der Waals surface area contributed by atoms with Gasteiger partial charge in [0.25, 0.3) is 0 Å². The van der Waals surface area contributed by atoms with E-state index in [4.69, 9.17) is 16.3 Å². The Morgan fingerprint density at radius 2 is 1.86 bits per heavy atom. The summed E-state index contributed by atoms with van der Waals surface area (Å²) in [5.74, 6) is 1.55. The van der Waals surface area contributed by atoms with Crippen LogP contribution in [0.15, 0.2) is 46.9 Å². The Hall–Kier alpha value is -1.19. The van der Waals surface area contributed by atoms with Crippen molar-refractivity contribution in [3.63, 3.8) is 0 Å². The second-order valence-electron chi connectivity index (χ2n) is 5.41. The molecule has 110 valence electrons. The standard InChI is InChI=1S/C17H17BrClNO/c1-21-15-5-2-11(3-6-15)12-8-14(9-12)20-17-7-4-13(19)10-16(17)18/h2-7,10,12,14,20H,8-9H2,1H3. The first-order valence-electron chi connectivity index (χ1n) is 7.01. The lowest BCUT2D eigenvalue weighted by Crippen LogP contribution is -2.34. The molecule has 0 atom stereocenters. The molecule has 0 aromatic heterocycles. The van der Waals surface area contributed by atoms with E-state index in [9.17, 15) is 0 Å². The van der Waals surface area contributed by atoms with Crippen molar-refractivity contribution in [2.45, 2.75) is 24.8 Å². The molecule has 4 heteroatoms. The maximum atomic E-state index is 5.96. The molecule has 0 radical (unpaired) electrons. The van der Waals surface area contributed by atoms with E-state index in [1.165, 1.54) is 5.56 Å². The van der Waals surface area contributed by atoms with Gasteiger partial charge in [0.1, 0.15) is 5.75 Å². The fourth-order valence-electron chi connectivity index (χ4n) is 2.71. The van der Waals surface area contributed by atoms with Crippen molar-refractivity contribution in [3.05, 3.63) is 57.5 Å². The zero-order chi connectivity index (χ0) is 14.8. The molecule has 1 aliphatic carbocycles. The molecule has 0 saturated heterocycles. The summed E-state index contributed by atoms with van der Waals surface area (Å²) in [6, 6.07) is 14.8. The number of rotatable bonds is 4. The van der Waals surface area contributed by atoms with Crippen LogP contribution in [0, 0.1) is 0 Å². The van der Waals surface area contributed by atoms with E-state index < -0.39 is 0 Å². The van der Waals surface area contributed by atoms with Crippen LogP contribution in [0.1, 0.15) is 24.3 Å². The van der Waals surface area contributed by atoms with Crippen LogP contribution in [0.2, 0.25) is 5.02 Å². The average Bonchev–Trinajstić information content (AvgIpc) is 2.44. The first-order chi connectivity index (χ1) is 10.2. The average molecular weight is 367 g/mol. The van der Waals surface area contributed by atoms with E-state index in [1.807, 2.05) is 30.3 Å². The summed E-state index contributed by atoms with van der Waals surface area (Å²) < 4.78 is 6.21. The van der Waals surface area contributed by atoms with Crippen LogP contribution in [-0.4, -0.2) is 13.2 Å². The van der Waals surface area contributed by atoms with Crippen molar-refractivity contribution in [3.8, 4) is 5.75 Å². The van der Waals surface area contributed by atoms with Crippen molar-refractivity contribution in [2.75, 3.05) is 12.4 Å². The second-order valence-corrected chi connectivity index (χ2v) is 6.70. The molecule has 0 amide bonds. The highest BCUT2D eigenvalue weighted by atomic mass is 79.9. The van der Waals surface area contributed by atoms with Gasteiger partial charge in [-0.15, -0.1) is 0 Å². The van der Waals surface area contributed by atoms with Gasteiger partial charge in [-0.1, -0.05) is 23.7 Å². The number of methoxy groups -OCH3 is 1. The Morgan fingerprint density at radius 3 is 2.48 bits per heavy atom. The number of hydrogen-bond acceptors (Lipinski definition) is 2. The molecule has 0 heterocycles. The molecule has 1 N–H and O–H groups in total. The Morgan fingerprint density at radius 1 is 1.14 bits per heavy atom. The minimum atomic E-state index is 0.523. The minimum Gasteiger partial charge on any atom is -0.497 e. The van der Waals surface area contributed by atoms with E-state index in [0.717, 1.165) is 33.8 Å². The third-order valence-electron chi connectivity index (χ3n) is 4.02. The molecule has 2 nitrogen and oxygen atoms in total. The lowest BCUT2D eigenvalue weighted by Gasteiger charge is -2.37. The summed E-state index contributed by atoms with van der Waals surface area (Å²) in [4.78, 5) is 0. The molecule has 0 aliphatic heterocycles. The molecular weight excluding hydrogens is 350 g/mol. The van der Waals surface area contributed by atoms with Crippen LogP contribution in [0.25, 0.3) is 0 Å². The largest absolute Gasteiger partial charge is 0.497 e. The Kier molecular flexibility index (Phi) is 4.41. The maximum Gasteiger partial charge on any atom is 0.118 e. The molecule has 0 bridgehead atoms. The van der Waals surface area contributed by atoms with E-state index in [2.05, 4.69) is 33.4 Å². The van der Waals surface area contributed by atoms with Gasteiger partial charge in [0.05, 0.1) is 7.11 Å². The summed E-state index contributed by atoms with van der Waals surface area (Å²) in [5.41, 5.74) is 2.50. The van der Waals surface area contributed by atoms with Gasteiger partial charge < -0.3 is 10.1 Å². The van der Waals surface area contributed by atoms with Crippen LogP contribution < -0.4 is 10.1 Å². The van der Waals surface area contributed by atoms with Crippen LogP contribution in [0.3, 0.4) is 0 Å².